The number of alkyl halides is 3. The fourth-order valence-electron chi connectivity index (χ4n) is 0.767. The monoisotopic (exact) mass is 230 g/mol. The van der Waals surface area contributed by atoms with Gasteiger partial charge in [0.1, 0.15) is 0 Å². The van der Waals surface area contributed by atoms with Gasteiger partial charge in [-0.3, -0.25) is 4.99 Å². The third-order valence-corrected chi connectivity index (χ3v) is 2.90. The van der Waals surface area contributed by atoms with Crippen LogP contribution in [0, 0.1) is 0 Å². The van der Waals surface area contributed by atoms with Crippen LogP contribution in [0.15, 0.2) is 4.99 Å². The van der Waals surface area contributed by atoms with Crippen LogP contribution in [-0.2, 0) is 0 Å². The Morgan fingerprint density at radius 1 is 1.54 bits per heavy atom. The van der Waals surface area contributed by atoms with Crippen molar-refractivity contribution in [3.63, 3.8) is 0 Å². The van der Waals surface area contributed by atoms with Crippen LogP contribution in [-0.4, -0.2) is 35.3 Å². The first kappa shape index (κ1) is 11.0. The minimum absolute atomic E-state index is 0.00982. The van der Waals surface area contributed by atoms with Gasteiger partial charge in [0.15, 0.2) is 5.17 Å². The van der Waals surface area contributed by atoms with E-state index in [0.717, 1.165) is 17.5 Å². The Morgan fingerprint density at radius 3 is 2.85 bits per heavy atom. The van der Waals surface area contributed by atoms with E-state index in [4.69, 9.17) is 0 Å². The minimum Gasteiger partial charge on any atom is -0.364 e. The summed E-state index contributed by atoms with van der Waals surface area (Å²) in [5, 5.41) is 3.61. The molecule has 2 nitrogen and oxygen atoms in total. The molecule has 13 heavy (non-hydrogen) atoms. The van der Waals surface area contributed by atoms with Crippen LogP contribution in [0.25, 0.3) is 0 Å². The molecule has 0 aromatic heterocycles. The number of aliphatic imine (C=N–C) groups is 1. The molecule has 0 saturated carbocycles. The van der Waals surface area contributed by atoms with Crippen molar-refractivity contribution in [2.75, 3.05) is 24.6 Å². The maximum absolute atomic E-state index is 11.7. The summed E-state index contributed by atoms with van der Waals surface area (Å²) in [7, 11) is 0. The summed E-state index contributed by atoms with van der Waals surface area (Å²) in [6, 6.07) is 0. The Bertz CT molecular complexity index is 193. The molecule has 1 aliphatic heterocycles. The molecule has 1 heterocycles. The summed E-state index contributed by atoms with van der Waals surface area (Å²) in [4.78, 5) is 4.05. The first-order chi connectivity index (χ1) is 6.08. The quantitative estimate of drug-likeness (QED) is 0.750. The Labute approximate surface area is 82.7 Å². The third-order valence-electron chi connectivity index (χ3n) is 1.23. The highest BCUT2D eigenvalue weighted by Crippen LogP contribution is 2.29. The fraction of sp³-hybridized carbons (Fsp3) is 0.833. The first-order valence-corrected chi connectivity index (χ1v) is 5.67. The molecule has 0 aromatic rings. The number of nitrogens with one attached hydrogen (secondary N) is 1. The predicted octanol–water partition coefficient (Wildman–Crippen LogP) is 1.93. The molecule has 0 aliphatic carbocycles. The van der Waals surface area contributed by atoms with Crippen LogP contribution in [0.3, 0.4) is 0 Å². The highest BCUT2D eigenvalue weighted by atomic mass is 32.2. The lowest BCUT2D eigenvalue weighted by Crippen LogP contribution is -2.22. The molecule has 0 atom stereocenters. The maximum Gasteiger partial charge on any atom is 0.441 e. The van der Waals surface area contributed by atoms with Crippen LogP contribution in [0.1, 0.15) is 0 Å². The highest BCUT2D eigenvalue weighted by Gasteiger charge is 2.27. The number of hydrogen-bond donors (Lipinski definition) is 1. The zero-order valence-corrected chi connectivity index (χ0v) is 8.36. The number of amidine groups is 1. The number of nitrogens with zero attached hydrogens (tertiary/aromatic N) is 1. The van der Waals surface area contributed by atoms with Crippen molar-refractivity contribution in [1.29, 1.82) is 0 Å². The van der Waals surface area contributed by atoms with Crippen molar-refractivity contribution < 1.29 is 13.2 Å². The molecule has 0 amide bonds. The number of rotatable bonds is 3. The molecular formula is C6H9F3N2S2. The van der Waals surface area contributed by atoms with Gasteiger partial charge in [-0.05, 0) is 11.8 Å². The lowest BCUT2D eigenvalue weighted by atomic mass is 10.7. The third kappa shape index (κ3) is 5.30. The lowest BCUT2D eigenvalue weighted by molar-refractivity contribution is -0.0327. The van der Waals surface area contributed by atoms with Gasteiger partial charge in [-0.25, -0.2) is 0 Å². The van der Waals surface area contributed by atoms with E-state index in [-0.39, 0.29) is 17.5 Å². The van der Waals surface area contributed by atoms with E-state index < -0.39 is 5.51 Å². The van der Waals surface area contributed by atoms with E-state index in [0.29, 0.717) is 6.54 Å². The first-order valence-electron chi connectivity index (χ1n) is 3.70. The average molecular weight is 230 g/mol. The summed E-state index contributed by atoms with van der Waals surface area (Å²) in [5.41, 5.74) is -4.12. The molecule has 1 aliphatic rings. The van der Waals surface area contributed by atoms with Gasteiger partial charge in [0.2, 0.25) is 0 Å². The van der Waals surface area contributed by atoms with Crippen LogP contribution in [0.4, 0.5) is 13.2 Å². The molecule has 0 radical (unpaired) electrons. The van der Waals surface area contributed by atoms with Gasteiger partial charge < -0.3 is 5.32 Å². The van der Waals surface area contributed by atoms with Crippen molar-refractivity contribution in [2.45, 2.75) is 5.51 Å². The molecule has 1 rings (SSSR count). The number of hydrogen-bond acceptors (Lipinski definition) is 4. The zero-order chi connectivity index (χ0) is 9.73. The SMILES string of the molecule is FC(F)(F)SCCNC1=NCCS1. The summed E-state index contributed by atoms with van der Waals surface area (Å²) in [6.45, 7) is 1.08. The van der Waals surface area contributed by atoms with Crippen LogP contribution >= 0.6 is 23.5 Å². The predicted molar refractivity (Wildman–Crippen MR) is 51.3 cm³/mol. The molecule has 0 bridgehead atoms. The Morgan fingerprint density at radius 2 is 2.31 bits per heavy atom. The summed E-state index contributed by atoms with van der Waals surface area (Å²) in [6.07, 6.45) is 0. The second-order valence-corrected chi connectivity index (χ2v) is 4.50. The molecule has 0 aromatic carbocycles. The molecule has 1 N–H and O–H groups in total. The molecule has 7 heteroatoms. The summed E-state index contributed by atoms with van der Waals surface area (Å²) < 4.78 is 35.0. The van der Waals surface area contributed by atoms with Crippen molar-refractivity contribution in [1.82, 2.24) is 5.32 Å². The normalized spacial score (nSPS) is 17.3. The van der Waals surface area contributed by atoms with Crippen LogP contribution < -0.4 is 5.32 Å². The highest BCUT2D eigenvalue weighted by molar-refractivity contribution is 8.14. The second-order valence-electron chi connectivity index (χ2n) is 2.26. The van der Waals surface area contributed by atoms with E-state index in [9.17, 15) is 13.2 Å². The number of halogens is 3. The van der Waals surface area contributed by atoms with Crippen molar-refractivity contribution >= 4 is 28.7 Å². The van der Waals surface area contributed by atoms with E-state index in [1.807, 2.05) is 0 Å². The molecular weight excluding hydrogens is 221 g/mol. The van der Waals surface area contributed by atoms with Crippen LogP contribution in [0.2, 0.25) is 0 Å². The van der Waals surface area contributed by atoms with E-state index in [2.05, 4.69) is 10.3 Å². The summed E-state index contributed by atoms with van der Waals surface area (Å²) in [5.74, 6) is 0.956. The molecule has 0 saturated heterocycles. The maximum atomic E-state index is 11.7. The topological polar surface area (TPSA) is 24.4 Å². The van der Waals surface area contributed by atoms with E-state index in [1.54, 1.807) is 11.8 Å². The average Bonchev–Trinajstić information content (AvgIpc) is 2.48. The van der Waals surface area contributed by atoms with Gasteiger partial charge in [-0.1, -0.05) is 11.8 Å². The Balaban J connectivity index is 2.01. The van der Waals surface area contributed by atoms with Crippen molar-refractivity contribution in [3.05, 3.63) is 0 Å². The van der Waals surface area contributed by atoms with E-state index >= 15 is 0 Å². The van der Waals surface area contributed by atoms with Gasteiger partial charge in [0.25, 0.3) is 0 Å². The van der Waals surface area contributed by atoms with Crippen molar-refractivity contribution in [2.24, 2.45) is 4.99 Å². The second kappa shape index (κ2) is 4.99. The zero-order valence-electron chi connectivity index (χ0n) is 6.73. The van der Waals surface area contributed by atoms with Gasteiger partial charge >= 0.3 is 5.51 Å². The Kier molecular flexibility index (Phi) is 4.24. The molecule has 0 fully saturated rings. The van der Waals surface area contributed by atoms with Gasteiger partial charge in [0.05, 0.1) is 6.54 Å². The lowest BCUT2D eigenvalue weighted by Gasteiger charge is -2.06. The largest absolute Gasteiger partial charge is 0.441 e. The van der Waals surface area contributed by atoms with Crippen LogP contribution in [0.5, 0.6) is 0 Å². The standard InChI is InChI=1S/C6H9F3N2S2/c7-6(8,9)13-4-2-11-5-10-1-3-12-5/h1-4H2,(H,10,11). The molecule has 0 spiro atoms. The molecule has 76 valence electrons. The van der Waals surface area contributed by atoms with E-state index in [1.165, 1.54) is 0 Å². The van der Waals surface area contributed by atoms with Gasteiger partial charge in [-0.2, -0.15) is 13.2 Å². The fourth-order valence-corrected chi connectivity index (χ4v) is 1.97. The van der Waals surface area contributed by atoms with Gasteiger partial charge in [0, 0.05) is 18.1 Å². The minimum atomic E-state index is -4.12. The Hall–Kier alpha value is -0.0400. The number of thioether (sulfide) groups is 2. The summed E-state index contributed by atoms with van der Waals surface area (Å²) >= 11 is 1.54. The molecule has 0 unspecified atom stereocenters. The van der Waals surface area contributed by atoms with Crippen molar-refractivity contribution in [3.8, 4) is 0 Å². The van der Waals surface area contributed by atoms with Gasteiger partial charge in [-0.15, -0.1) is 0 Å². The smallest absolute Gasteiger partial charge is 0.364 e.